The summed E-state index contributed by atoms with van der Waals surface area (Å²) < 4.78 is 44.2. The van der Waals surface area contributed by atoms with Crippen LogP contribution in [0.2, 0.25) is 5.02 Å². The first-order valence-corrected chi connectivity index (χ1v) is 8.57. The van der Waals surface area contributed by atoms with Gasteiger partial charge in [0, 0.05) is 26.7 Å². The van der Waals surface area contributed by atoms with Crippen molar-refractivity contribution in [3.63, 3.8) is 0 Å². The van der Waals surface area contributed by atoms with Gasteiger partial charge in [-0.1, -0.05) is 23.7 Å². The van der Waals surface area contributed by atoms with Crippen LogP contribution >= 0.6 is 11.6 Å². The fourth-order valence-electron chi connectivity index (χ4n) is 2.29. The van der Waals surface area contributed by atoms with E-state index in [1.807, 2.05) is 0 Å². The molecule has 1 amide bonds. The lowest BCUT2D eigenvalue weighted by atomic mass is 10.1. The Kier molecular flexibility index (Phi) is 6.91. The number of halogens is 4. The number of ether oxygens (including phenoxy) is 1. The summed E-state index contributed by atoms with van der Waals surface area (Å²) in [6.45, 7) is -0.106. The van der Waals surface area contributed by atoms with Crippen LogP contribution in [0.1, 0.15) is 11.1 Å². The third kappa shape index (κ3) is 5.98. The van der Waals surface area contributed by atoms with Crippen molar-refractivity contribution in [2.45, 2.75) is 12.7 Å². The maximum Gasteiger partial charge on any atom is 0.418 e. The first-order valence-electron chi connectivity index (χ1n) is 8.20. The molecule has 0 aliphatic carbocycles. The zero-order valence-electron chi connectivity index (χ0n) is 15.4. The minimum atomic E-state index is -4.81. The van der Waals surface area contributed by atoms with Crippen LogP contribution in [0.25, 0.3) is 0 Å². The predicted octanol–water partition coefficient (Wildman–Crippen LogP) is 4.35. The van der Waals surface area contributed by atoms with Crippen molar-refractivity contribution < 1.29 is 27.6 Å². The SMILES string of the molecule is CN(C)C(=O)COc1cccc(CNc2cc(Cl)c(C(F)(F)F)cc2[N+](=O)[O-])c1. The van der Waals surface area contributed by atoms with Gasteiger partial charge >= 0.3 is 6.18 Å². The Morgan fingerprint density at radius 1 is 1.28 bits per heavy atom. The summed E-state index contributed by atoms with van der Waals surface area (Å²) in [5, 5.41) is 13.2. The first-order chi connectivity index (χ1) is 13.5. The molecule has 1 N–H and O–H groups in total. The Morgan fingerprint density at radius 2 is 1.97 bits per heavy atom. The minimum absolute atomic E-state index is 0.0569. The van der Waals surface area contributed by atoms with E-state index in [0.717, 1.165) is 6.07 Å². The summed E-state index contributed by atoms with van der Waals surface area (Å²) >= 11 is 5.66. The molecule has 11 heteroatoms. The molecule has 2 aromatic rings. The molecule has 29 heavy (non-hydrogen) atoms. The molecule has 0 bridgehead atoms. The highest BCUT2D eigenvalue weighted by Gasteiger charge is 2.36. The Balaban J connectivity index is 2.17. The molecule has 0 aromatic heterocycles. The van der Waals surface area contributed by atoms with E-state index in [4.69, 9.17) is 16.3 Å². The van der Waals surface area contributed by atoms with Gasteiger partial charge in [0.1, 0.15) is 11.4 Å². The number of anilines is 1. The van der Waals surface area contributed by atoms with Gasteiger partial charge in [0.05, 0.1) is 15.5 Å². The van der Waals surface area contributed by atoms with Gasteiger partial charge in [0.15, 0.2) is 6.61 Å². The topological polar surface area (TPSA) is 84.7 Å². The van der Waals surface area contributed by atoms with Crippen LogP contribution in [0.5, 0.6) is 5.75 Å². The van der Waals surface area contributed by atoms with Gasteiger partial charge in [-0.05, 0) is 23.8 Å². The van der Waals surface area contributed by atoms with Gasteiger partial charge in [-0.15, -0.1) is 0 Å². The van der Waals surface area contributed by atoms with Crippen molar-refractivity contribution in [1.29, 1.82) is 0 Å². The third-order valence-corrected chi connectivity index (χ3v) is 4.14. The molecule has 2 rings (SSSR count). The fraction of sp³-hybridized carbons (Fsp3) is 0.278. The van der Waals surface area contributed by atoms with Crippen LogP contribution in [0.15, 0.2) is 36.4 Å². The molecule has 0 fully saturated rings. The summed E-state index contributed by atoms with van der Waals surface area (Å²) in [6.07, 6.45) is -4.81. The predicted molar refractivity (Wildman–Crippen MR) is 101 cm³/mol. The average Bonchev–Trinajstić information content (AvgIpc) is 2.63. The second-order valence-electron chi connectivity index (χ2n) is 6.18. The second kappa shape index (κ2) is 8.99. The van der Waals surface area contributed by atoms with Gasteiger partial charge in [0.25, 0.3) is 11.6 Å². The molecule has 0 atom stereocenters. The highest BCUT2D eigenvalue weighted by atomic mass is 35.5. The van der Waals surface area contributed by atoms with Crippen molar-refractivity contribution in [3.05, 3.63) is 62.7 Å². The highest BCUT2D eigenvalue weighted by molar-refractivity contribution is 6.31. The minimum Gasteiger partial charge on any atom is -0.484 e. The average molecular weight is 432 g/mol. The normalized spacial score (nSPS) is 11.1. The molecular weight excluding hydrogens is 415 g/mol. The number of nitro benzene ring substituents is 1. The smallest absolute Gasteiger partial charge is 0.418 e. The van der Waals surface area contributed by atoms with Crippen LogP contribution in [0, 0.1) is 10.1 Å². The standard InChI is InChI=1S/C18H17ClF3N3O4/c1-24(2)17(26)10-29-12-5-3-4-11(6-12)9-23-15-8-14(19)13(18(20,21)22)7-16(15)25(27)28/h3-8,23H,9-10H2,1-2H3. The Bertz CT molecular complexity index is 920. The van der Waals surface area contributed by atoms with E-state index in [1.54, 1.807) is 38.4 Å². The molecule has 0 heterocycles. The van der Waals surface area contributed by atoms with E-state index in [2.05, 4.69) is 5.32 Å². The molecule has 0 unspecified atom stereocenters. The number of alkyl halides is 3. The maximum atomic E-state index is 12.9. The Morgan fingerprint density at radius 3 is 2.55 bits per heavy atom. The highest BCUT2D eigenvalue weighted by Crippen LogP contribution is 2.40. The molecule has 156 valence electrons. The molecule has 0 aliphatic heterocycles. The maximum absolute atomic E-state index is 12.9. The number of hydrogen-bond donors (Lipinski definition) is 1. The lowest BCUT2D eigenvalue weighted by molar-refractivity contribution is -0.384. The number of nitro groups is 1. The van der Waals surface area contributed by atoms with Gasteiger partial charge < -0.3 is 15.0 Å². The van der Waals surface area contributed by atoms with Crippen molar-refractivity contribution in [2.24, 2.45) is 0 Å². The Hall–Kier alpha value is -3.01. The molecule has 7 nitrogen and oxygen atoms in total. The third-order valence-electron chi connectivity index (χ3n) is 3.83. The van der Waals surface area contributed by atoms with Crippen molar-refractivity contribution in [1.82, 2.24) is 4.90 Å². The monoisotopic (exact) mass is 431 g/mol. The van der Waals surface area contributed by atoms with Crippen LogP contribution in [0.4, 0.5) is 24.5 Å². The molecule has 2 aromatic carbocycles. The summed E-state index contributed by atoms with van der Waals surface area (Å²) in [5.74, 6) is 0.169. The van der Waals surface area contributed by atoms with E-state index in [0.29, 0.717) is 17.4 Å². The quantitative estimate of drug-likeness (QED) is 0.520. The molecule has 0 radical (unpaired) electrons. The number of nitrogens with one attached hydrogen (secondary N) is 1. The van der Waals surface area contributed by atoms with E-state index >= 15 is 0 Å². The number of carbonyl (C=O) groups excluding carboxylic acids is 1. The fourth-order valence-corrected chi connectivity index (χ4v) is 2.56. The van der Waals surface area contributed by atoms with Gasteiger partial charge in [-0.25, -0.2) is 0 Å². The number of benzene rings is 2. The van der Waals surface area contributed by atoms with Gasteiger partial charge in [-0.3, -0.25) is 14.9 Å². The van der Waals surface area contributed by atoms with Crippen LogP contribution in [0.3, 0.4) is 0 Å². The van der Waals surface area contributed by atoms with Crippen molar-refractivity contribution >= 4 is 28.9 Å². The van der Waals surface area contributed by atoms with Gasteiger partial charge in [-0.2, -0.15) is 13.2 Å². The summed E-state index contributed by atoms with van der Waals surface area (Å²) in [5.41, 5.74) is -1.55. The Labute approximate surface area is 169 Å². The van der Waals surface area contributed by atoms with Crippen LogP contribution < -0.4 is 10.1 Å². The molecule has 0 saturated heterocycles. The number of nitrogens with zero attached hydrogens (tertiary/aromatic N) is 2. The number of carbonyl (C=O) groups is 1. The first kappa shape index (κ1) is 22.3. The van der Waals surface area contributed by atoms with Crippen LogP contribution in [-0.2, 0) is 17.5 Å². The summed E-state index contributed by atoms with van der Waals surface area (Å²) in [7, 11) is 3.18. The van der Waals surface area contributed by atoms with E-state index < -0.39 is 27.4 Å². The van der Waals surface area contributed by atoms with E-state index in [1.165, 1.54) is 4.90 Å². The zero-order chi connectivity index (χ0) is 21.8. The zero-order valence-corrected chi connectivity index (χ0v) is 16.2. The molecule has 0 spiro atoms. The lowest BCUT2D eigenvalue weighted by Crippen LogP contribution is -2.27. The summed E-state index contributed by atoms with van der Waals surface area (Å²) in [4.78, 5) is 23.2. The molecule has 0 aliphatic rings. The van der Waals surface area contributed by atoms with Crippen molar-refractivity contribution in [2.75, 3.05) is 26.0 Å². The van der Waals surface area contributed by atoms with Gasteiger partial charge in [0.2, 0.25) is 0 Å². The lowest BCUT2D eigenvalue weighted by Gasteiger charge is -2.14. The van der Waals surface area contributed by atoms with Crippen LogP contribution in [-0.4, -0.2) is 36.4 Å². The molecule has 0 saturated carbocycles. The van der Waals surface area contributed by atoms with Crippen molar-refractivity contribution in [3.8, 4) is 5.75 Å². The molecular formula is C18H17ClF3N3O4. The number of amides is 1. The van der Waals surface area contributed by atoms with E-state index in [9.17, 15) is 28.1 Å². The summed E-state index contributed by atoms with van der Waals surface area (Å²) in [6, 6.07) is 7.85. The number of rotatable bonds is 7. The second-order valence-corrected chi connectivity index (χ2v) is 6.59. The van der Waals surface area contributed by atoms with E-state index in [-0.39, 0.29) is 24.7 Å². The number of likely N-dealkylation sites (N-methyl/N-ethyl adjacent to an activating group) is 1. The largest absolute Gasteiger partial charge is 0.484 e. The number of hydrogen-bond acceptors (Lipinski definition) is 5.